The Morgan fingerprint density at radius 3 is 2.62 bits per heavy atom. The number of hydrogen-bond acceptors (Lipinski definition) is 10. The van der Waals surface area contributed by atoms with E-state index in [0.29, 0.717) is 41.0 Å². The zero-order valence-electron chi connectivity index (χ0n) is 26.5. The molecule has 3 amide bonds. The largest absolute Gasteiger partial charge is 0.494 e. The van der Waals surface area contributed by atoms with Gasteiger partial charge in [-0.2, -0.15) is 0 Å². The highest BCUT2D eigenvalue weighted by molar-refractivity contribution is 6.60. The zero-order chi connectivity index (χ0) is 32.1. The number of rotatable bonds is 13. The van der Waals surface area contributed by atoms with Crippen LogP contribution in [-0.4, -0.2) is 99.9 Å². The van der Waals surface area contributed by atoms with Gasteiger partial charge in [0.25, 0.3) is 5.91 Å². The smallest absolute Gasteiger partial charge is 0.272 e. The highest BCUT2D eigenvalue weighted by atomic mass is 16.5. The van der Waals surface area contributed by atoms with Gasteiger partial charge >= 0.3 is 0 Å². The van der Waals surface area contributed by atoms with Crippen molar-refractivity contribution in [2.24, 2.45) is 5.92 Å². The minimum atomic E-state index is -0.515. The van der Waals surface area contributed by atoms with E-state index in [1.807, 2.05) is 23.5 Å². The molecule has 16 heteroatoms. The molecule has 1 saturated carbocycles. The second kappa shape index (κ2) is 13.8. The molecule has 2 aromatic heterocycles. The maximum atomic E-state index is 13.2. The van der Waals surface area contributed by atoms with E-state index in [0.717, 1.165) is 32.2 Å². The number of aromatic nitrogens is 3. The van der Waals surface area contributed by atoms with Gasteiger partial charge in [-0.3, -0.25) is 14.4 Å². The summed E-state index contributed by atoms with van der Waals surface area (Å²) in [5, 5.41) is 19.6. The standard InChI is InChI=1S/C29H39B3N8O5/c1-40-12-4-5-17(40)10-11-33-23(41)13-18-15-34-28(45-18)19-6-3-7-20(25(19)44-2)35-21-14-22(36-26(42)16-8-9-16)38-39-24(21)27(43)37-29(30,31)32/h3,6-7,14-17H,4-5,8-13,30-32H2,1-2H3,(H,33,41)(H,37,43)(H2,35,36,38,42). The Balaban J connectivity index is 1.33. The van der Waals surface area contributed by atoms with Crippen molar-refractivity contribution in [1.29, 1.82) is 0 Å². The first-order chi connectivity index (χ1) is 21.5. The lowest BCUT2D eigenvalue weighted by Crippen LogP contribution is -2.50. The van der Waals surface area contributed by atoms with Crippen molar-refractivity contribution in [3.05, 3.63) is 41.9 Å². The fourth-order valence-electron chi connectivity index (χ4n) is 5.31. The third-order valence-corrected chi connectivity index (χ3v) is 7.78. The van der Waals surface area contributed by atoms with Crippen LogP contribution in [0.5, 0.6) is 5.75 Å². The van der Waals surface area contributed by atoms with E-state index < -0.39 is 11.1 Å². The van der Waals surface area contributed by atoms with Gasteiger partial charge in [-0.25, -0.2) is 4.98 Å². The molecule has 45 heavy (non-hydrogen) atoms. The molecule has 1 unspecified atom stereocenters. The molecule has 2 fully saturated rings. The Morgan fingerprint density at radius 2 is 1.93 bits per heavy atom. The first kappa shape index (κ1) is 32.1. The van der Waals surface area contributed by atoms with Crippen LogP contribution in [0.4, 0.5) is 17.2 Å². The lowest BCUT2D eigenvalue weighted by atomic mass is 9.49. The number of para-hydroxylation sites is 1. The van der Waals surface area contributed by atoms with Crippen LogP contribution in [0.3, 0.4) is 0 Å². The number of anilines is 3. The Labute approximate surface area is 265 Å². The quantitative estimate of drug-likeness (QED) is 0.187. The second-order valence-electron chi connectivity index (χ2n) is 12.7. The number of ether oxygens (including phenoxy) is 1. The summed E-state index contributed by atoms with van der Waals surface area (Å²) >= 11 is 0. The van der Waals surface area contributed by atoms with E-state index in [2.05, 4.69) is 48.4 Å². The van der Waals surface area contributed by atoms with Gasteiger partial charge < -0.3 is 35.3 Å². The van der Waals surface area contributed by atoms with Gasteiger partial charge in [-0.1, -0.05) is 6.07 Å². The summed E-state index contributed by atoms with van der Waals surface area (Å²) < 4.78 is 11.7. The van der Waals surface area contributed by atoms with E-state index in [9.17, 15) is 14.4 Å². The number of amides is 3. The predicted octanol–water partition coefficient (Wildman–Crippen LogP) is -0.384. The van der Waals surface area contributed by atoms with Crippen molar-refractivity contribution in [1.82, 2.24) is 30.7 Å². The predicted molar refractivity (Wildman–Crippen MR) is 178 cm³/mol. The summed E-state index contributed by atoms with van der Waals surface area (Å²) in [5.74, 6) is 0.616. The molecule has 1 saturated heterocycles. The summed E-state index contributed by atoms with van der Waals surface area (Å²) in [5.41, 5.74) is 1.41. The highest BCUT2D eigenvalue weighted by Gasteiger charge is 2.30. The second-order valence-corrected chi connectivity index (χ2v) is 12.7. The molecular weight excluding hydrogens is 573 g/mol. The zero-order valence-corrected chi connectivity index (χ0v) is 26.5. The minimum Gasteiger partial charge on any atom is -0.494 e. The number of likely N-dealkylation sites (tertiary alicyclic amines) is 1. The molecule has 1 aromatic carbocycles. The fourth-order valence-corrected chi connectivity index (χ4v) is 5.31. The lowest BCUT2D eigenvalue weighted by molar-refractivity contribution is -0.120. The van der Waals surface area contributed by atoms with Crippen LogP contribution in [0.15, 0.2) is 34.9 Å². The van der Waals surface area contributed by atoms with Crippen molar-refractivity contribution in [3.63, 3.8) is 0 Å². The number of benzene rings is 1. The van der Waals surface area contributed by atoms with Crippen molar-refractivity contribution in [2.75, 3.05) is 37.9 Å². The van der Waals surface area contributed by atoms with E-state index in [1.165, 1.54) is 19.7 Å². The number of hydrogen-bond donors (Lipinski definition) is 4. The molecule has 13 nitrogen and oxygen atoms in total. The van der Waals surface area contributed by atoms with Crippen molar-refractivity contribution in [2.45, 2.75) is 49.8 Å². The van der Waals surface area contributed by atoms with Crippen LogP contribution < -0.4 is 26.0 Å². The average Bonchev–Trinajstić information content (AvgIpc) is 3.61. The van der Waals surface area contributed by atoms with Crippen LogP contribution in [0, 0.1) is 5.92 Å². The van der Waals surface area contributed by atoms with E-state index in [4.69, 9.17) is 9.15 Å². The third kappa shape index (κ3) is 8.44. The molecule has 3 heterocycles. The van der Waals surface area contributed by atoms with Crippen LogP contribution >= 0.6 is 0 Å². The molecule has 0 spiro atoms. The van der Waals surface area contributed by atoms with Crippen LogP contribution in [0.2, 0.25) is 0 Å². The molecule has 234 valence electrons. The monoisotopic (exact) mass is 612 g/mol. The molecule has 2 aliphatic rings. The molecular formula is C29H39B3N8O5. The average molecular weight is 612 g/mol. The summed E-state index contributed by atoms with van der Waals surface area (Å²) in [6.07, 6.45) is 6.56. The molecule has 1 atom stereocenters. The van der Waals surface area contributed by atoms with Gasteiger partial charge in [-0.05, 0) is 63.1 Å². The molecule has 4 N–H and O–H groups in total. The maximum absolute atomic E-state index is 13.2. The van der Waals surface area contributed by atoms with E-state index in [-0.39, 0.29) is 41.6 Å². The Hall–Kier alpha value is -4.33. The Bertz CT molecular complexity index is 1560. The van der Waals surface area contributed by atoms with E-state index >= 15 is 0 Å². The molecule has 0 radical (unpaired) electrons. The summed E-state index contributed by atoms with van der Waals surface area (Å²) in [4.78, 5) is 44.9. The van der Waals surface area contributed by atoms with Crippen molar-refractivity contribution >= 4 is 58.5 Å². The third-order valence-electron chi connectivity index (χ3n) is 7.78. The van der Waals surface area contributed by atoms with Gasteiger partial charge in [-0.15, -0.1) is 10.2 Å². The van der Waals surface area contributed by atoms with Gasteiger partial charge in [0.05, 0.1) is 36.7 Å². The van der Waals surface area contributed by atoms with Crippen molar-refractivity contribution < 1.29 is 23.5 Å². The molecule has 1 aliphatic carbocycles. The molecule has 5 rings (SSSR count). The maximum Gasteiger partial charge on any atom is 0.272 e. The normalized spacial score (nSPS) is 16.6. The van der Waals surface area contributed by atoms with Gasteiger partial charge in [0.1, 0.15) is 29.3 Å². The summed E-state index contributed by atoms with van der Waals surface area (Å²) in [7, 11) is 9.24. The van der Waals surface area contributed by atoms with Gasteiger partial charge in [0.15, 0.2) is 17.3 Å². The number of methoxy groups -OCH3 is 1. The Kier molecular flexibility index (Phi) is 9.81. The number of nitrogens with one attached hydrogen (secondary N) is 4. The minimum absolute atomic E-state index is 0.0282. The lowest BCUT2D eigenvalue weighted by Gasteiger charge is -2.21. The Morgan fingerprint density at radius 1 is 1.13 bits per heavy atom. The summed E-state index contributed by atoms with van der Waals surface area (Å²) in [6, 6.07) is 7.43. The highest BCUT2D eigenvalue weighted by Crippen LogP contribution is 2.38. The SMILES string of the molecule is BC(B)(B)NC(=O)c1nnc(NC(=O)C2CC2)cc1Nc1cccc(-c2ncc(CC(=O)NCCC3CCCN3C)o2)c1OC. The number of oxazole rings is 1. The molecule has 3 aromatic rings. The van der Waals surface area contributed by atoms with Crippen molar-refractivity contribution in [3.8, 4) is 17.2 Å². The number of carbonyl (C=O) groups excluding carboxylic acids is 3. The van der Waals surface area contributed by atoms with E-state index in [1.54, 1.807) is 24.3 Å². The fraction of sp³-hybridized carbons (Fsp3) is 0.448. The van der Waals surface area contributed by atoms with Crippen LogP contribution in [0.1, 0.15) is 48.4 Å². The molecule has 1 aliphatic heterocycles. The van der Waals surface area contributed by atoms with Crippen LogP contribution in [0.25, 0.3) is 11.5 Å². The number of nitrogens with zero attached hydrogens (tertiary/aromatic N) is 4. The van der Waals surface area contributed by atoms with Crippen LogP contribution in [-0.2, 0) is 16.0 Å². The van der Waals surface area contributed by atoms with Gasteiger partial charge in [0.2, 0.25) is 17.7 Å². The number of carbonyl (C=O) groups is 3. The topological polar surface area (TPSA) is 164 Å². The first-order valence-corrected chi connectivity index (χ1v) is 15.4. The van der Waals surface area contributed by atoms with Gasteiger partial charge in [0, 0.05) is 24.6 Å². The first-order valence-electron chi connectivity index (χ1n) is 15.4. The summed E-state index contributed by atoms with van der Waals surface area (Å²) in [6.45, 7) is 1.72. The molecule has 0 bridgehead atoms.